The molecular formula is C14H21NO2. The summed E-state index contributed by atoms with van der Waals surface area (Å²) in [5, 5.41) is 0. The SMILES string of the molecule is CCOCCN(CC)c1ccc(C=O)c(C)c1. The van der Waals surface area contributed by atoms with Crippen LogP contribution < -0.4 is 4.90 Å². The van der Waals surface area contributed by atoms with E-state index < -0.39 is 0 Å². The number of hydrogen-bond acceptors (Lipinski definition) is 3. The van der Waals surface area contributed by atoms with Gasteiger partial charge in [-0.3, -0.25) is 4.79 Å². The zero-order chi connectivity index (χ0) is 12.7. The molecule has 3 heteroatoms. The van der Waals surface area contributed by atoms with E-state index in [4.69, 9.17) is 4.74 Å². The van der Waals surface area contributed by atoms with Crippen molar-refractivity contribution in [1.82, 2.24) is 0 Å². The molecule has 1 aromatic carbocycles. The molecule has 0 bridgehead atoms. The third-order valence-electron chi connectivity index (χ3n) is 2.84. The second-order valence-electron chi connectivity index (χ2n) is 3.94. The minimum Gasteiger partial charge on any atom is -0.380 e. The number of ether oxygens (including phenoxy) is 1. The van der Waals surface area contributed by atoms with Gasteiger partial charge in [0.15, 0.2) is 0 Å². The van der Waals surface area contributed by atoms with Gasteiger partial charge in [0.25, 0.3) is 0 Å². The minimum absolute atomic E-state index is 0.735. The molecule has 0 radical (unpaired) electrons. The largest absolute Gasteiger partial charge is 0.380 e. The van der Waals surface area contributed by atoms with Crippen molar-refractivity contribution in [3.05, 3.63) is 29.3 Å². The van der Waals surface area contributed by atoms with Crippen molar-refractivity contribution in [3.63, 3.8) is 0 Å². The topological polar surface area (TPSA) is 29.5 Å². The second kappa shape index (κ2) is 7.07. The Labute approximate surface area is 103 Å². The Hall–Kier alpha value is -1.35. The van der Waals surface area contributed by atoms with E-state index in [0.717, 1.165) is 49.4 Å². The Kier molecular flexibility index (Phi) is 5.70. The van der Waals surface area contributed by atoms with E-state index in [1.165, 1.54) is 0 Å². The van der Waals surface area contributed by atoms with Crippen LogP contribution >= 0.6 is 0 Å². The van der Waals surface area contributed by atoms with E-state index in [1.54, 1.807) is 0 Å². The van der Waals surface area contributed by atoms with E-state index in [0.29, 0.717) is 0 Å². The third kappa shape index (κ3) is 3.86. The highest BCUT2D eigenvalue weighted by Crippen LogP contribution is 2.18. The smallest absolute Gasteiger partial charge is 0.150 e. The van der Waals surface area contributed by atoms with Gasteiger partial charge in [-0.25, -0.2) is 0 Å². The monoisotopic (exact) mass is 235 g/mol. The van der Waals surface area contributed by atoms with Crippen LogP contribution in [-0.4, -0.2) is 32.6 Å². The van der Waals surface area contributed by atoms with Crippen LogP contribution in [-0.2, 0) is 4.74 Å². The van der Waals surface area contributed by atoms with E-state index in [-0.39, 0.29) is 0 Å². The van der Waals surface area contributed by atoms with Crippen molar-refractivity contribution in [3.8, 4) is 0 Å². The molecular weight excluding hydrogens is 214 g/mol. The molecule has 0 spiro atoms. The Bertz CT molecular complexity index is 363. The Morgan fingerprint density at radius 2 is 2.12 bits per heavy atom. The van der Waals surface area contributed by atoms with Crippen molar-refractivity contribution in [2.24, 2.45) is 0 Å². The van der Waals surface area contributed by atoms with E-state index >= 15 is 0 Å². The molecule has 0 saturated heterocycles. The fourth-order valence-electron chi connectivity index (χ4n) is 1.78. The summed E-state index contributed by atoms with van der Waals surface area (Å²) in [5.74, 6) is 0. The number of aryl methyl sites for hydroxylation is 1. The maximum atomic E-state index is 10.8. The first-order valence-corrected chi connectivity index (χ1v) is 6.11. The number of hydrogen-bond donors (Lipinski definition) is 0. The van der Waals surface area contributed by atoms with Crippen molar-refractivity contribution < 1.29 is 9.53 Å². The zero-order valence-corrected chi connectivity index (χ0v) is 10.9. The molecule has 0 amide bonds. The maximum absolute atomic E-state index is 10.8. The van der Waals surface area contributed by atoms with Gasteiger partial charge in [-0.2, -0.15) is 0 Å². The van der Waals surface area contributed by atoms with Gasteiger partial charge in [0, 0.05) is 30.9 Å². The predicted molar refractivity (Wildman–Crippen MR) is 70.9 cm³/mol. The lowest BCUT2D eigenvalue weighted by atomic mass is 10.1. The number of rotatable bonds is 7. The first-order valence-electron chi connectivity index (χ1n) is 6.11. The number of nitrogens with zero attached hydrogens (tertiary/aromatic N) is 1. The average Bonchev–Trinajstić information content (AvgIpc) is 2.35. The Balaban J connectivity index is 2.74. The van der Waals surface area contributed by atoms with E-state index in [9.17, 15) is 4.79 Å². The molecule has 0 aliphatic rings. The summed E-state index contributed by atoms with van der Waals surface area (Å²) >= 11 is 0. The molecule has 0 atom stereocenters. The summed E-state index contributed by atoms with van der Waals surface area (Å²) in [4.78, 5) is 13.0. The van der Waals surface area contributed by atoms with Crippen LogP contribution in [0.5, 0.6) is 0 Å². The van der Waals surface area contributed by atoms with Gasteiger partial charge in [0.2, 0.25) is 0 Å². The van der Waals surface area contributed by atoms with Gasteiger partial charge in [-0.15, -0.1) is 0 Å². The number of aldehydes is 1. The molecule has 0 N–H and O–H groups in total. The standard InChI is InChI=1S/C14H21NO2/c1-4-15(8-9-17-5-2)14-7-6-13(11-16)12(3)10-14/h6-7,10-11H,4-5,8-9H2,1-3H3. The summed E-state index contributed by atoms with van der Waals surface area (Å²) in [7, 11) is 0. The molecule has 3 nitrogen and oxygen atoms in total. The number of carbonyl (C=O) groups is 1. The van der Waals surface area contributed by atoms with Crippen LogP contribution in [0.1, 0.15) is 29.8 Å². The van der Waals surface area contributed by atoms with Gasteiger partial charge in [0.1, 0.15) is 6.29 Å². The van der Waals surface area contributed by atoms with Gasteiger partial charge in [-0.1, -0.05) is 0 Å². The number of carbonyl (C=O) groups excluding carboxylic acids is 1. The van der Waals surface area contributed by atoms with Crippen LogP contribution in [0.3, 0.4) is 0 Å². The summed E-state index contributed by atoms with van der Waals surface area (Å²) < 4.78 is 5.36. The Morgan fingerprint density at radius 3 is 2.65 bits per heavy atom. The molecule has 0 heterocycles. The lowest BCUT2D eigenvalue weighted by Crippen LogP contribution is -2.27. The maximum Gasteiger partial charge on any atom is 0.150 e. The predicted octanol–water partition coefficient (Wildman–Crippen LogP) is 2.67. The number of anilines is 1. The minimum atomic E-state index is 0.735. The number of likely N-dealkylation sites (N-methyl/N-ethyl adjacent to an activating group) is 1. The van der Waals surface area contributed by atoms with E-state index in [1.807, 2.05) is 26.0 Å². The van der Waals surface area contributed by atoms with Crippen molar-refractivity contribution >= 4 is 12.0 Å². The van der Waals surface area contributed by atoms with E-state index in [2.05, 4.69) is 17.9 Å². The fourth-order valence-corrected chi connectivity index (χ4v) is 1.78. The molecule has 0 aliphatic heterocycles. The molecule has 1 aromatic rings. The van der Waals surface area contributed by atoms with Gasteiger partial charge >= 0.3 is 0 Å². The summed E-state index contributed by atoms with van der Waals surface area (Å²) in [5.41, 5.74) is 2.93. The fraction of sp³-hybridized carbons (Fsp3) is 0.500. The summed E-state index contributed by atoms with van der Waals surface area (Å²) in [6, 6.07) is 5.92. The first-order chi connectivity index (χ1) is 8.22. The van der Waals surface area contributed by atoms with Gasteiger partial charge < -0.3 is 9.64 Å². The van der Waals surface area contributed by atoms with Crippen molar-refractivity contribution in [2.45, 2.75) is 20.8 Å². The molecule has 1 rings (SSSR count). The number of benzene rings is 1. The average molecular weight is 235 g/mol. The first kappa shape index (κ1) is 13.7. The van der Waals surface area contributed by atoms with Gasteiger partial charge in [0.05, 0.1) is 6.61 Å². The molecule has 0 aliphatic carbocycles. The van der Waals surface area contributed by atoms with Crippen molar-refractivity contribution in [1.29, 1.82) is 0 Å². The summed E-state index contributed by atoms with van der Waals surface area (Å²) in [6.45, 7) is 9.38. The lowest BCUT2D eigenvalue weighted by Gasteiger charge is -2.23. The normalized spacial score (nSPS) is 10.3. The zero-order valence-electron chi connectivity index (χ0n) is 10.9. The second-order valence-corrected chi connectivity index (χ2v) is 3.94. The molecule has 0 fully saturated rings. The van der Waals surface area contributed by atoms with Crippen LogP contribution in [0.2, 0.25) is 0 Å². The van der Waals surface area contributed by atoms with Crippen LogP contribution in [0, 0.1) is 6.92 Å². The van der Waals surface area contributed by atoms with Crippen LogP contribution in [0.15, 0.2) is 18.2 Å². The highest BCUT2D eigenvalue weighted by Gasteiger charge is 2.06. The van der Waals surface area contributed by atoms with Gasteiger partial charge in [-0.05, 0) is 44.5 Å². The highest BCUT2D eigenvalue weighted by atomic mass is 16.5. The molecule has 17 heavy (non-hydrogen) atoms. The molecule has 0 saturated carbocycles. The Morgan fingerprint density at radius 1 is 1.35 bits per heavy atom. The third-order valence-corrected chi connectivity index (χ3v) is 2.84. The quantitative estimate of drug-likeness (QED) is 0.537. The molecule has 0 unspecified atom stereocenters. The van der Waals surface area contributed by atoms with Crippen molar-refractivity contribution in [2.75, 3.05) is 31.2 Å². The molecule has 94 valence electrons. The van der Waals surface area contributed by atoms with Crippen LogP contribution in [0.4, 0.5) is 5.69 Å². The highest BCUT2D eigenvalue weighted by molar-refractivity contribution is 5.78. The summed E-state index contributed by atoms with van der Waals surface area (Å²) in [6.07, 6.45) is 0.898. The lowest BCUT2D eigenvalue weighted by molar-refractivity contribution is 0.112. The van der Waals surface area contributed by atoms with Crippen LogP contribution in [0.25, 0.3) is 0 Å². The molecule has 0 aromatic heterocycles.